The molecule has 216 valence electrons. The number of alkyl halides is 3. The zero-order valence-electron chi connectivity index (χ0n) is 22.0. The second-order valence-electron chi connectivity index (χ2n) is 9.28. The van der Waals surface area contributed by atoms with Crippen molar-refractivity contribution >= 4 is 40.6 Å². The Morgan fingerprint density at radius 1 is 1.00 bits per heavy atom. The average molecular weight is 612 g/mol. The predicted octanol–water partition coefficient (Wildman–Crippen LogP) is 6.35. The molecule has 13 heteroatoms. The highest BCUT2D eigenvalue weighted by molar-refractivity contribution is 7.09. The number of carbonyl (C=O) groups is 1. The highest BCUT2D eigenvalue weighted by atomic mass is 35.5. The third-order valence-electron chi connectivity index (χ3n) is 6.19. The molecule has 0 saturated carbocycles. The third kappa shape index (κ3) is 7.86. The molecule has 3 heterocycles. The Kier molecular flexibility index (Phi) is 9.03. The number of benzene rings is 2. The molecule has 0 bridgehead atoms. The molecule has 0 radical (unpaired) electrons. The molecular weight excluding hydrogens is 587 g/mol. The Hall–Kier alpha value is -4.42. The summed E-state index contributed by atoms with van der Waals surface area (Å²) in [6.07, 6.45) is 0.917. The van der Waals surface area contributed by atoms with Crippen molar-refractivity contribution in [2.75, 3.05) is 10.6 Å². The van der Waals surface area contributed by atoms with Gasteiger partial charge < -0.3 is 16.0 Å². The first-order valence-electron chi connectivity index (χ1n) is 12.8. The number of halogens is 4. The van der Waals surface area contributed by atoms with E-state index in [9.17, 15) is 18.0 Å². The zero-order valence-corrected chi connectivity index (χ0v) is 23.5. The van der Waals surface area contributed by atoms with Crippen molar-refractivity contribution in [2.24, 2.45) is 0 Å². The summed E-state index contributed by atoms with van der Waals surface area (Å²) in [6.45, 7) is 0.482. The molecule has 1 unspecified atom stereocenters. The zero-order chi connectivity index (χ0) is 29.5. The van der Waals surface area contributed by atoms with E-state index in [1.807, 2.05) is 35.7 Å². The molecule has 1 amide bonds. The number of nitrogens with zero attached hydrogens (tertiary/aromatic N) is 4. The van der Waals surface area contributed by atoms with E-state index in [0.29, 0.717) is 41.1 Å². The van der Waals surface area contributed by atoms with Crippen LogP contribution in [0.15, 0.2) is 90.8 Å². The van der Waals surface area contributed by atoms with Crippen LogP contribution < -0.4 is 16.0 Å². The van der Waals surface area contributed by atoms with Gasteiger partial charge in [-0.2, -0.15) is 23.1 Å². The van der Waals surface area contributed by atoms with Gasteiger partial charge in [0.25, 0.3) is 0 Å². The van der Waals surface area contributed by atoms with E-state index in [-0.39, 0.29) is 12.5 Å². The van der Waals surface area contributed by atoms with E-state index in [2.05, 4.69) is 30.9 Å². The number of hydrogen-bond donors (Lipinski definition) is 3. The highest BCUT2D eigenvalue weighted by Gasteiger charge is 2.30. The second kappa shape index (κ2) is 13.0. The Balaban J connectivity index is 1.35. The Labute approximate surface area is 248 Å². The molecule has 42 heavy (non-hydrogen) atoms. The van der Waals surface area contributed by atoms with Crippen LogP contribution in [0.2, 0.25) is 5.02 Å². The van der Waals surface area contributed by atoms with Crippen molar-refractivity contribution in [3.63, 3.8) is 0 Å². The van der Waals surface area contributed by atoms with Gasteiger partial charge in [0.2, 0.25) is 11.9 Å². The van der Waals surface area contributed by atoms with Crippen molar-refractivity contribution in [1.29, 1.82) is 0 Å². The maximum Gasteiger partial charge on any atom is 0.416 e. The first-order chi connectivity index (χ1) is 20.2. The fourth-order valence-electron chi connectivity index (χ4n) is 4.08. The lowest BCUT2D eigenvalue weighted by Crippen LogP contribution is -2.41. The monoisotopic (exact) mass is 611 g/mol. The van der Waals surface area contributed by atoms with Gasteiger partial charge in [-0.25, -0.2) is 4.98 Å². The van der Waals surface area contributed by atoms with E-state index in [4.69, 9.17) is 11.6 Å². The van der Waals surface area contributed by atoms with Crippen LogP contribution in [0, 0.1) is 0 Å². The van der Waals surface area contributed by atoms with Gasteiger partial charge in [0, 0.05) is 47.9 Å². The Morgan fingerprint density at radius 3 is 2.52 bits per heavy atom. The maximum atomic E-state index is 13.4. The van der Waals surface area contributed by atoms with E-state index in [0.717, 1.165) is 22.6 Å². The lowest BCUT2D eigenvalue weighted by molar-refractivity contribution is -0.137. The quantitative estimate of drug-likeness (QED) is 0.161. The number of anilines is 2. The fraction of sp³-hybridized carbons (Fsp3) is 0.172. The van der Waals surface area contributed by atoms with Gasteiger partial charge >= 0.3 is 6.18 Å². The number of rotatable bonds is 11. The van der Waals surface area contributed by atoms with Crippen LogP contribution in [0.1, 0.15) is 21.6 Å². The number of imidazole rings is 1. The molecular formula is C29H25ClF3N7OS. The summed E-state index contributed by atoms with van der Waals surface area (Å²) in [7, 11) is 0. The molecule has 3 N–H and O–H groups in total. The molecule has 0 aliphatic heterocycles. The van der Waals surface area contributed by atoms with Crippen LogP contribution in [-0.2, 0) is 30.5 Å². The van der Waals surface area contributed by atoms with Crippen LogP contribution >= 0.6 is 22.9 Å². The molecule has 1 atom stereocenters. The van der Waals surface area contributed by atoms with Crippen LogP contribution in [0.5, 0.6) is 0 Å². The molecule has 2 aromatic carbocycles. The molecule has 8 nitrogen and oxygen atoms in total. The van der Waals surface area contributed by atoms with E-state index in [1.54, 1.807) is 35.4 Å². The lowest BCUT2D eigenvalue weighted by atomic mass is 10.1. The van der Waals surface area contributed by atoms with Crippen LogP contribution in [0.3, 0.4) is 0 Å². The topological polar surface area (TPSA) is 96.8 Å². The molecule has 5 rings (SSSR count). The molecule has 0 aliphatic carbocycles. The maximum absolute atomic E-state index is 13.4. The van der Waals surface area contributed by atoms with Gasteiger partial charge in [-0.15, -0.1) is 11.3 Å². The molecule has 0 spiro atoms. The van der Waals surface area contributed by atoms with Gasteiger partial charge in [0.05, 0.1) is 5.56 Å². The fourth-order valence-corrected chi connectivity index (χ4v) is 5.05. The van der Waals surface area contributed by atoms with E-state index in [1.165, 1.54) is 23.5 Å². The molecule has 0 aliphatic rings. The summed E-state index contributed by atoms with van der Waals surface area (Å²) >= 11 is 7.63. The average Bonchev–Trinajstić information content (AvgIpc) is 3.69. The Bertz CT molecular complexity index is 1610. The van der Waals surface area contributed by atoms with Crippen molar-refractivity contribution in [3.05, 3.63) is 117 Å². The number of hydrogen-bond acceptors (Lipinski definition) is 7. The van der Waals surface area contributed by atoms with Crippen molar-refractivity contribution in [2.45, 2.75) is 31.7 Å². The highest BCUT2D eigenvalue weighted by Crippen LogP contribution is 2.29. The predicted molar refractivity (Wildman–Crippen MR) is 157 cm³/mol. The van der Waals surface area contributed by atoms with Gasteiger partial charge in [-0.1, -0.05) is 41.9 Å². The molecule has 0 fully saturated rings. The minimum absolute atomic E-state index is 0.0656. The van der Waals surface area contributed by atoms with Crippen LogP contribution in [0.25, 0.3) is 5.82 Å². The summed E-state index contributed by atoms with van der Waals surface area (Å²) in [5.74, 6) is 0.912. The summed E-state index contributed by atoms with van der Waals surface area (Å²) in [5.41, 5.74) is 0.738. The van der Waals surface area contributed by atoms with Crippen LogP contribution in [-0.4, -0.2) is 31.5 Å². The van der Waals surface area contributed by atoms with E-state index >= 15 is 0 Å². The van der Waals surface area contributed by atoms with Crippen molar-refractivity contribution < 1.29 is 18.0 Å². The van der Waals surface area contributed by atoms with Gasteiger partial charge in [-0.3, -0.25) is 9.36 Å². The largest absolute Gasteiger partial charge is 0.416 e. The van der Waals surface area contributed by atoms with Gasteiger partial charge in [-0.05, 0) is 46.8 Å². The molecule has 3 aromatic heterocycles. The normalized spacial score (nSPS) is 12.1. The van der Waals surface area contributed by atoms with Crippen LogP contribution in [0.4, 0.5) is 24.9 Å². The van der Waals surface area contributed by atoms with Gasteiger partial charge in [0.1, 0.15) is 24.0 Å². The second-order valence-corrected chi connectivity index (χ2v) is 10.7. The van der Waals surface area contributed by atoms with Crippen molar-refractivity contribution in [3.8, 4) is 5.82 Å². The summed E-state index contributed by atoms with van der Waals surface area (Å²) in [4.78, 5) is 27.6. The lowest BCUT2D eigenvalue weighted by Gasteiger charge is -2.20. The SMILES string of the molecule is O=C(NCc1ccc(C(F)(F)F)cc1)C(Cc1cccs1)Nc1cc(-n2ccnc2)nc(NCc2cccc(Cl)c2)n1. The summed E-state index contributed by atoms with van der Waals surface area (Å²) in [5, 5.41) is 11.8. The summed E-state index contributed by atoms with van der Waals surface area (Å²) in [6, 6.07) is 16.9. The van der Waals surface area contributed by atoms with E-state index < -0.39 is 17.8 Å². The van der Waals surface area contributed by atoms with Crippen molar-refractivity contribution in [1.82, 2.24) is 24.8 Å². The number of aromatic nitrogens is 4. The van der Waals surface area contributed by atoms with Gasteiger partial charge in [0.15, 0.2) is 0 Å². The first-order valence-corrected chi connectivity index (χ1v) is 14.1. The number of amides is 1. The molecule has 5 aromatic rings. The number of nitrogens with one attached hydrogen (secondary N) is 3. The smallest absolute Gasteiger partial charge is 0.358 e. The Morgan fingerprint density at radius 2 is 1.83 bits per heavy atom. The third-order valence-corrected chi connectivity index (χ3v) is 7.33. The summed E-state index contributed by atoms with van der Waals surface area (Å²) < 4.78 is 40.5. The number of carbonyl (C=O) groups excluding carboxylic acids is 1. The number of thiophene rings is 1. The first kappa shape index (κ1) is 29.1. The minimum Gasteiger partial charge on any atom is -0.358 e. The standard InChI is InChI=1S/C29H25ClF3N7OS/c30-22-4-1-3-20(13-22)17-36-28-38-25(15-26(39-28)40-11-10-34-18-40)37-24(14-23-5-2-12-42-23)27(41)35-16-19-6-8-21(9-7-19)29(31,32)33/h1-13,15,18,24H,14,16-17H2,(H,35,41)(H2,36,37,38,39). The molecule has 0 saturated heterocycles. The minimum atomic E-state index is -4.42.